The van der Waals surface area contributed by atoms with Crippen molar-refractivity contribution < 1.29 is 4.74 Å². The van der Waals surface area contributed by atoms with E-state index in [0.29, 0.717) is 0 Å². The van der Waals surface area contributed by atoms with Crippen molar-refractivity contribution in [2.24, 2.45) is 5.92 Å². The average Bonchev–Trinajstić information content (AvgIpc) is 2.48. The van der Waals surface area contributed by atoms with E-state index in [0.717, 1.165) is 46.7 Å². The number of hydrogen-bond donors (Lipinski definition) is 1. The molecule has 0 aromatic heterocycles. The zero-order valence-electron chi connectivity index (χ0n) is 12.8. The van der Waals surface area contributed by atoms with Gasteiger partial charge in [0.25, 0.3) is 0 Å². The molecule has 2 rings (SSSR count). The minimum Gasteiger partial charge on any atom is -0.491 e. The van der Waals surface area contributed by atoms with E-state index in [9.17, 15) is 0 Å². The van der Waals surface area contributed by atoms with Crippen molar-refractivity contribution in [3.63, 3.8) is 0 Å². The lowest BCUT2D eigenvalue weighted by Gasteiger charge is -2.22. The SMILES string of the molecule is CCCNCc1cc(Br)c(OCC2CCCCC2)c(Br)c1. The maximum Gasteiger partial charge on any atom is 0.147 e. The molecule has 1 aromatic rings. The lowest BCUT2D eigenvalue weighted by molar-refractivity contribution is 0.207. The van der Waals surface area contributed by atoms with Gasteiger partial charge in [0.15, 0.2) is 0 Å². The summed E-state index contributed by atoms with van der Waals surface area (Å²) in [5.74, 6) is 1.67. The fourth-order valence-corrected chi connectivity index (χ4v) is 4.33. The van der Waals surface area contributed by atoms with Crippen LogP contribution in [0.15, 0.2) is 21.1 Å². The minimum atomic E-state index is 0.725. The van der Waals surface area contributed by atoms with E-state index in [4.69, 9.17) is 4.74 Å². The summed E-state index contributed by atoms with van der Waals surface area (Å²) < 4.78 is 8.16. The zero-order valence-corrected chi connectivity index (χ0v) is 15.9. The first-order chi connectivity index (χ1) is 10.2. The molecule has 0 aliphatic heterocycles. The van der Waals surface area contributed by atoms with Gasteiger partial charge in [-0.3, -0.25) is 0 Å². The van der Waals surface area contributed by atoms with E-state index < -0.39 is 0 Å². The Labute approximate surface area is 145 Å². The van der Waals surface area contributed by atoms with Gasteiger partial charge in [-0.1, -0.05) is 26.2 Å². The standard InChI is InChI=1S/C17H25Br2NO/c1-2-8-20-11-14-9-15(18)17(16(19)10-14)21-12-13-6-4-3-5-7-13/h9-10,13,20H,2-8,11-12H2,1H3. The van der Waals surface area contributed by atoms with Crippen LogP contribution in [-0.2, 0) is 6.54 Å². The molecule has 0 saturated heterocycles. The molecule has 1 saturated carbocycles. The summed E-state index contributed by atoms with van der Waals surface area (Å²) in [4.78, 5) is 0. The Morgan fingerprint density at radius 3 is 2.43 bits per heavy atom. The molecule has 0 spiro atoms. The Bertz CT molecular complexity index is 421. The molecule has 1 N–H and O–H groups in total. The van der Waals surface area contributed by atoms with Gasteiger partial charge in [-0.15, -0.1) is 0 Å². The third-order valence-electron chi connectivity index (χ3n) is 4.00. The molecule has 4 heteroatoms. The van der Waals surface area contributed by atoms with Gasteiger partial charge in [0, 0.05) is 6.54 Å². The van der Waals surface area contributed by atoms with Crippen LogP contribution in [-0.4, -0.2) is 13.2 Å². The van der Waals surface area contributed by atoms with Gasteiger partial charge < -0.3 is 10.1 Å². The fourth-order valence-electron chi connectivity index (χ4n) is 2.82. The van der Waals surface area contributed by atoms with E-state index in [1.807, 2.05) is 0 Å². The number of rotatable bonds is 7. The van der Waals surface area contributed by atoms with E-state index in [1.54, 1.807) is 0 Å². The van der Waals surface area contributed by atoms with Crippen LogP contribution in [0.5, 0.6) is 5.75 Å². The largest absolute Gasteiger partial charge is 0.491 e. The normalized spacial score (nSPS) is 16.1. The van der Waals surface area contributed by atoms with Crippen LogP contribution in [0, 0.1) is 5.92 Å². The molecule has 0 heterocycles. The second kappa shape index (κ2) is 9.16. The van der Waals surface area contributed by atoms with Crippen molar-refractivity contribution >= 4 is 31.9 Å². The third kappa shape index (κ3) is 5.57. The smallest absolute Gasteiger partial charge is 0.147 e. The lowest BCUT2D eigenvalue weighted by Crippen LogP contribution is -2.16. The molecule has 118 valence electrons. The molecule has 0 radical (unpaired) electrons. The van der Waals surface area contributed by atoms with Crippen LogP contribution in [0.25, 0.3) is 0 Å². The number of halogens is 2. The summed E-state index contributed by atoms with van der Waals surface area (Å²) >= 11 is 7.30. The van der Waals surface area contributed by atoms with Gasteiger partial charge in [-0.2, -0.15) is 0 Å². The summed E-state index contributed by atoms with van der Waals surface area (Å²) in [7, 11) is 0. The van der Waals surface area contributed by atoms with Crippen LogP contribution >= 0.6 is 31.9 Å². The number of nitrogens with one attached hydrogen (secondary N) is 1. The first-order valence-corrected chi connectivity index (χ1v) is 9.60. The molecular formula is C17H25Br2NO. The Kier molecular flexibility index (Phi) is 7.55. The Morgan fingerprint density at radius 2 is 1.81 bits per heavy atom. The number of ether oxygens (including phenoxy) is 1. The van der Waals surface area contributed by atoms with Gasteiger partial charge in [0.05, 0.1) is 15.6 Å². The van der Waals surface area contributed by atoms with Gasteiger partial charge in [-0.25, -0.2) is 0 Å². The summed E-state index contributed by atoms with van der Waals surface area (Å²) in [6.07, 6.45) is 7.90. The van der Waals surface area contributed by atoms with Crippen molar-refractivity contribution in [1.29, 1.82) is 0 Å². The van der Waals surface area contributed by atoms with E-state index in [-0.39, 0.29) is 0 Å². The maximum atomic E-state index is 6.07. The highest BCUT2D eigenvalue weighted by Crippen LogP contribution is 2.36. The van der Waals surface area contributed by atoms with Crippen LogP contribution in [0.1, 0.15) is 51.0 Å². The van der Waals surface area contributed by atoms with Gasteiger partial charge in [-0.05, 0) is 81.3 Å². The van der Waals surface area contributed by atoms with Crippen LogP contribution in [0.4, 0.5) is 0 Å². The number of hydrogen-bond acceptors (Lipinski definition) is 2. The van der Waals surface area contributed by atoms with Crippen LogP contribution in [0.2, 0.25) is 0 Å². The molecule has 0 unspecified atom stereocenters. The lowest BCUT2D eigenvalue weighted by atomic mass is 9.90. The highest BCUT2D eigenvalue weighted by molar-refractivity contribution is 9.11. The highest BCUT2D eigenvalue weighted by Gasteiger charge is 2.16. The monoisotopic (exact) mass is 417 g/mol. The predicted octanol–water partition coefficient (Wildman–Crippen LogP) is 5.67. The van der Waals surface area contributed by atoms with E-state index in [2.05, 4.69) is 56.2 Å². The molecule has 0 amide bonds. The first-order valence-electron chi connectivity index (χ1n) is 8.02. The molecular weight excluding hydrogens is 394 g/mol. The fraction of sp³-hybridized carbons (Fsp3) is 0.647. The minimum absolute atomic E-state index is 0.725. The molecule has 0 bridgehead atoms. The van der Waals surface area contributed by atoms with Crippen molar-refractivity contribution in [2.75, 3.05) is 13.2 Å². The molecule has 1 aliphatic carbocycles. The summed E-state index contributed by atoms with van der Waals surface area (Å²) in [6.45, 7) is 4.97. The van der Waals surface area contributed by atoms with Gasteiger partial charge >= 0.3 is 0 Å². The molecule has 1 aliphatic rings. The quantitative estimate of drug-likeness (QED) is 0.575. The van der Waals surface area contributed by atoms with Crippen LogP contribution in [0.3, 0.4) is 0 Å². The Morgan fingerprint density at radius 1 is 1.14 bits per heavy atom. The van der Waals surface area contributed by atoms with Crippen LogP contribution < -0.4 is 10.1 Å². The summed E-state index contributed by atoms with van der Waals surface area (Å²) in [5.41, 5.74) is 1.27. The highest BCUT2D eigenvalue weighted by atomic mass is 79.9. The molecule has 1 aromatic carbocycles. The maximum absolute atomic E-state index is 6.07. The number of benzene rings is 1. The Balaban J connectivity index is 1.92. The summed E-state index contributed by atoms with van der Waals surface area (Å²) in [6, 6.07) is 4.31. The van der Waals surface area contributed by atoms with E-state index in [1.165, 1.54) is 37.7 Å². The first kappa shape index (κ1) is 17.3. The molecule has 2 nitrogen and oxygen atoms in total. The van der Waals surface area contributed by atoms with Gasteiger partial charge in [0.2, 0.25) is 0 Å². The average molecular weight is 419 g/mol. The molecule has 1 fully saturated rings. The Hall–Kier alpha value is -0.0600. The second-order valence-electron chi connectivity index (χ2n) is 5.88. The van der Waals surface area contributed by atoms with Gasteiger partial charge in [0.1, 0.15) is 5.75 Å². The van der Waals surface area contributed by atoms with Crippen molar-refractivity contribution in [3.05, 3.63) is 26.6 Å². The molecule has 21 heavy (non-hydrogen) atoms. The van der Waals surface area contributed by atoms with Crippen molar-refractivity contribution in [1.82, 2.24) is 5.32 Å². The predicted molar refractivity (Wildman–Crippen MR) is 95.9 cm³/mol. The topological polar surface area (TPSA) is 21.3 Å². The van der Waals surface area contributed by atoms with Crippen molar-refractivity contribution in [2.45, 2.75) is 52.0 Å². The molecule has 0 atom stereocenters. The van der Waals surface area contributed by atoms with Crippen molar-refractivity contribution in [3.8, 4) is 5.75 Å². The summed E-state index contributed by atoms with van der Waals surface area (Å²) in [5, 5.41) is 3.43. The van der Waals surface area contributed by atoms with E-state index >= 15 is 0 Å². The second-order valence-corrected chi connectivity index (χ2v) is 7.59. The third-order valence-corrected chi connectivity index (χ3v) is 5.18. The zero-order chi connectivity index (χ0) is 15.1.